The number of amides is 1. The lowest BCUT2D eigenvalue weighted by molar-refractivity contribution is 0.0929. The number of allylic oxidation sites excluding steroid dienone is 1. The van der Waals surface area contributed by atoms with E-state index in [1.54, 1.807) is 24.4 Å². The number of fused-ring (bicyclic) bond motifs is 1. The maximum absolute atomic E-state index is 12.2. The van der Waals surface area contributed by atoms with Crippen LogP contribution in [0, 0.1) is 12.3 Å². The van der Waals surface area contributed by atoms with Crippen LogP contribution >= 0.6 is 0 Å². The summed E-state index contributed by atoms with van der Waals surface area (Å²) in [6.45, 7) is 3.95. The van der Waals surface area contributed by atoms with Crippen LogP contribution in [0.2, 0.25) is 0 Å². The number of nitrogens with one attached hydrogen (secondary N) is 1. The smallest absolute Gasteiger partial charge is 0.307 e. The van der Waals surface area contributed by atoms with E-state index in [4.69, 9.17) is 15.6 Å². The molecular weight excluding hydrogens is 340 g/mol. The Bertz CT molecular complexity index is 1010. The van der Waals surface area contributed by atoms with E-state index in [0.717, 1.165) is 16.5 Å². The molecule has 0 aliphatic rings. The van der Waals surface area contributed by atoms with Crippen LogP contribution in [-0.2, 0) is 6.42 Å². The Hall–Kier alpha value is -3.78. The van der Waals surface area contributed by atoms with Crippen LogP contribution in [0.3, 0.4) is 0 Å². The first-order valence-electron chi connectivity index (χ1n) is 8.33. The molecule has 0 fully saturated rings. The zero-order chi connectivity index (χ0) is 19.1. The minimum Gasteiger partial charge on any atom is -0.481 e. The monoisotopic (exact) mass is 358 g/mol. The molecule has 0 spiro atoms. The molecule has 1 N–H and O–H groups in total. The number of benzene rings is 2. The summed E-state index contributed by atoms with van der Waals surface area (Å²) in [6, 6.07) is 14.7. The van der Waals surface area contributed by atoms with Crippen molar-refractivity contribution in [2.45, 2.75) is 6.42 Å². The summed E-state index contributed by atoms with van der Waals surface area (Å²) >= 11 is 0. The Morgan fingerprint density at radius 1 is 1.30 bits per heavy atom. The fourth-order valence-electron chi connectivity index (χ4n) is 2.57. The number of terminal acetylenes is 1. The fraction of sp³-hybridized carbons (Fsp3) is 0.0909. The van der Waals surface area contributed by atoms with Gasteiger partial charge in [-0.15, -0.1) is 13.0 Å². The minimum atomic E-state index is -0.414. The molecule has 0 unspecified atom stereocenters. The van der Waals surface area contributed by atoms with Crippen molar-refractivity contribution in [1.29, 1.82) is 0 Å². The molecule has 3 aromatic rings. The van der Waals surface area contributed by atoms with Gasteiger partial charge in [0.2, 0.25) is 0 Å². The van der Waals surface area contributed by atoms with Crippen molar-refractivity contribution in [3.63, 3.8) is 0 Å². The highest BCUT2D eigenvalue weighted by Crippen LogP contribution is 2.21. The fourth-order valence-corrected chi connectivity index (χ4v) is 2.57. The van der Waals surface area contributed by atoms with E-state index in [-0.39, 0.29) is 12.4 Å². The van der Waals surface area contributed by atoms with Gasteiger partial charge in [0.05, 0.1) is 6.21 Å². The summed E-state index contributed by atoms with van der Waals surface area (Å²) < 4.78 is 11.0. The van der Waals surface area contributed by atoms with Gasteiger partial charge in [-0.25, -0.2) is 5.43 Å². The molecule has 1 amide bonds. The molecule has 0 saturated carbocycles. The standard InChI is InChI=1S/C22H18N2O3/c1-3-7-17-13-16(10-11-19(17)26-12-4-2)15-23-24-22(25)21-14-18-8-5-6-9-20(18)27-21/h2-3,5-6,8-11,13-15H,1,7,12H2,(H,24,25)/b23-15+. The Morgan fingerprint density at radius 3 is 2.93 bits per heavy atom. The molecule has 0 bridgehead atoms. The predicted molar refractivity (Wildman–Crippen MR) is 106 cm³/mol. The van der Waals surface area contributed by atoms with Crippen molar-refractivity contribution < 1.29 is 13.9 Å². The normalized spacial score (nSPS) is 10.6. The van der Waals surface area contributed by atoms with E-state index < -0.39 is 5.91 Å². The number of para-hydroxylation sites is 1. The molecule has 134 valence electrons. The van der Waals surface area contributed by atoms with Crippen molar-refractivity contribution in [3.05, 3.63) is 78.1 Å². The molecule has 0 aliphatic carbocycles. The average molecular weight is 358 g/mol. The van der Waals surface area contributed by atoms with Crippen LogP contribution in [0.15, 0.2) is 70.7 Å². The molecular formula is C22H18N2O3. The van der Waals surface area contributed by atoms with Crippen LogP contribution in [0.25, 0.3) is 11.0 Å². The third kappa shape index (κ3) is 4.44. The van der Waals surface area contributed by atoms with Gasteiger partial charge in [0.25, 0.3) is 0 Å². The van der Waals surface area contributed by atoms with Crippen LogP contribution in [-0.4, -0.2) is 18.7 Å². The molecule has 1 aromatic heterocycles. The summed E-state index contributed by atoms with van der Waals surface area (Å²) in [7, 11) is 0. The summed E-state index contributed by atoms with van der Waals surface area (Å²) in [4.78, 5) is 12.2. The number of hydrazone groups is 1. The molecule has 2 aromatic carbocycles. The van der Waals surface area contributed by atoms with Crippen molar-refractivity contribution >= 4 is 23.1 Å². The van der Waals surface area contributed by atoms with Gasteiger partial charge in [-0.05, 0) is 47.9 Å². The summed E-state index contributed by atoms with van der Waals surface area (Å²) in [5, 5.41) is 4.86. The second kappa shape index (κ2) is 8.54. The lowest BCUT2D eigenvalue weighted by Crippen LogP contribution is -2.16. The summed E-state index contributed by atoms with van der Waals surface area (Å²) in [6.07, 6.45) is 9.20. The number of hydrogen-bond acceptors (Lipinski definition) is 4. The lowest BCUT2D eigenvalue weighted by atomic mass is 10.1. The molecule has 0 aliphatic heterocycles. The number of ether oxygens (including phenoxy) is 1. The molecule has 0 saturated heterocycles. The number of carbonyl (C=O) groups is 1. The lowest BCUT2D eigenvalue weighted by Gasteiger charge is -2.09. The number of hydrogen-bond donors (Lipinski definition) is 1. The van der Waals surface area contributed by atoms with E-state index in [1.165, 1.54) is 0 Å². The Balaban J connectivity index is 1.69. The topological polar surface area (TPSA) is 63.8 Å². The predicted octanol–water partition coefficient (Wildman–Crippen LogP) is 3.94. The second-order valence-electron chi connectivity index (χ2n) is 5.70. The van der Waals surface area contributed by atoms with Gasteiger partial charge in [-0.3, -0.25) is 4.79 Å². The first-order chi connectivity index (χ1) is 13.2. The van der Waals surface area contributed by atoms with Gasteiger partial charge in [-0.2, -0.15) is 5.10 Å². The molecule has 0 radical (unpaired) electrons. The van der Waals surface area contributed by atoms with Gasteiger partial charge in [0.15, 0.2) is 5.76 Å². The third-order valence-electron chi connectivity index (χ3n) is 3.79. The van der Waals surface area contributed by atoms with Gasteiger partial charge >= 0.3 is 5.91 Å². The number of carbonyl (C=O) groups excluding carboxylic acids is 1. The molecule has 1 heterocycles. The second-order valence-corrected chi connectivity index (χ2v) is 5.70. The molecule has 0 atom stereocenters. The van der Waals surface area contributed by atoms with Crippen LogP contribution in [0.4, 0.5) is 0 Å². The van der Waals surface area contributed by atoms with E-state index in [0.29, 0.717) is 17.8 Å². The average Bonchev–Trinajstić information content (AvgIpc) is 3.12. The highest BCUT2D eigenvalue weighted by atomic mass is 16.5. The highest BCUT2D eigenvalue weighted by Gasteiger charge is 2.11. The SMILES string of the molecule is C#CCOc1ccc(/C=N/NC(=O)c2cc3ccccc3o2)cc1CC=C. The first-order valence-corrected chi connectivity index (χ1v) is 8.33. The van der Waals surface area contributed by atoms with Crippen molar-refractivity contribution in [1.82, 2.24) is 5.43 Å². The number of nitrogens with zero attached hydrogens (tertiary/aromatic N) is 1. The molecule has 5 nitrogen and oxygen atoms in total. The highest BCUT2D eigenvalue weighted by molar-refractivity contribution is 5.96. The maximum Gasteiger partial charge on any atom is 0.307 e. The Labute approximate surface area is 157 Å². The van der Waals surface area contributed by atoms with Gasteiger partial charge in [-0.1, -0.05) is 30.2 Å². The first kappa shape index (κ1) is 18.0. The van der Waals surface area contributed by atoms with E-state index in [9.17, 15) is 4.79 Å². The minimum absolute atomic E-state index is 0.200. The Morgan fingerprint density at radius 2 is 2.15 bits per heavy atom. The molecule has 5 heteroatoms. The largest absolute Gasteiger partial charge is 0.481 e. The molecule has 27 heavy (non-hydrogen) atoms. The number of furan rings is 1. The van der Waals surface area contributed by atoms with Crippen molar-refractivity contribution in [2.75, 3.05) is 6.61 Å². The maximum atomic E-state index is 12.2. The van der Waals surface area contributed by atoms with Gasteiger partial charge < -0.3 is 9.15 Å². The van der Waals surface area contributed by atoms with E-state index >= 15 is 0 Å². The van der Waals surface area contributed by atoms with E-state index in [2.05, 4.69) is 23.0 Å². The summed E-state index contributed by atoms with van der Waals surface area (Å²) in [5.74, 6) is 2.94. The zero-order valence-corrected chi connectivity index (χ0v) is 14.6. The van der Waals surface area contributed by atoms with Crippen molar-refractivity contribution in [3.8, 4) is 18.1 Å². The quantitative estimate of drug-likeness (QED) is 0.301. The van der Waals surface area contributed by atoms with E-state index in [1.807, 2.05) is 36.4 Å². The summed E-state index contributed by atoms with van der Waals surface area (Å²) in [5.41, 5.74) is 4.87. The number of rotatable bonds is 7. The third-order valence-corrected chi connectivity index (χ3v) is 3.79. The van der Waals surface area contributed by atoms with Crippen LogP contribution in [0.5, 0.6) is 5.75 Å². The van der Waals surface area contributed by atoms with Gasteiger partial charge in [0.1, 0.15) is 17.9 Å². The zero-order valence-electron chi connectivity index (χ0n) is 14.6. The van der Waals surface area contributed by atoms with Gasteiger partial charge in [0, 0.05) is 5.39 Å². The van der Waals surface area contributed by atoms with Crippen molar-refractivity contribution in [2.24, 2.45) is 5.10 Å². The Kier molecular flexibility index (Phi) is 5.70. The van der Waals surface area contributed by atoms with Crippen LogP contribution in [0.1, 0.15) is 21.7 Å². The van der Waals surface area contributed by atoms with Crippen LogP contribution < -0.4 is 10.2 Å². The molecule has 3 rings (SSSR count).